The lowest BCUT2D eigenvalue weighted by molar-refractivity contribution is -0.128. The summed E-state index contributed by atoms with van der Waals surface area (Å²) in [6.07, 6.45) is 0. The van der Waals surface area contributed by atoms with Gasteiger partial charge in [0.05, 0.1) is 8.96 Å². The summed E-state index contributed by atoms with van der Waals surface area (Å²) in [7, 11) is 0. The van der Waals surface area contributed by atoms with Gasteiger partial charge in [-0.25, -0.2) is 4.79 Å². The van der Waals surface area contributed by atoms with Gasteiger partial charge in [-0.3, -0.25) is 0 Å². The van der Waals surface area contributed by atoms with Crippen LogP contribution in [0.5, 0.6) is 0 Å². The topological polar surface area (TPSA) is 26.3 Å². The molecule has 0 amide bonds. The number of carbonyl (C=O) groups is 1. The van der Waals surface area contributed by atoms with E-state index in [4.69, 9.17) is 0 Å². The van der Waals surface area contributed by atoms with E-state index in [9.17, 15) is 4.79 Å². The third-order valence-corrected chi connectivity index (χ3v) is 2.78. The second kappa shape index (κ2) is 6.12. The zero-order valence-corrected chi connectivity index (χ0v) is 12.7. The Morgan fingerprint density at radius 2 is 1.73 bits per heavy atom. The maximum atomic E-state index is 10.9. The van der Waals surface area contributed by atoms with Gasteiger partial charge >= 0.3 is 5.97 Å². The van der Waals surface area contributed by atoms with Crippen molar-refractivity contribution in [2.24, 2.45) is 0 Å². The first-order valence-corrected chi connectivity index (χ1v) is 6.23. The average Bonchev–Trinajstić information content (AvgIpc) is 1.85. The highest BCUT2D eigenvalue weighted by Crippen LogP contribution is 2.30. The molecule has 0 N–H and O–H groups in total. The monoisotopic (exact) mass is 476 g/mol. The number of hydrogen-bond acceptors (Lipinski definition) is 2. The van der Waals surface area contributed by atoms with Crippen LogP contribution in [0.3, 0.4) is 0 Å². The van der Waals surface area contributed by atoms with Gasteiger partial charge < -0.3 is 3.83 Å². The molecule has 0 aromatic rings. The number of alkyl halides is 2. The largest absolute Gasteiger partial charge is 0.380 e. The second-order valence-corrected chi connectivity index (χ2v) is 7.37. The summed E-state index contributed by atoms with van der Waals surface area (Å²) in [6, 6.07) is 0. The van der Waals surface area contributed by atoms with Crippen LogP contribution in [0.4, 0.5) is 0 Å². The van der Waals surface area contributed by atoms with Crippen LogP contribution in [0.25, 0.3) is 0 Å². The lowest BCUT2D eigenvalue weighted by Crippen LogP contribution is -2.08. The van der Waals surface area contributed by atoms with E-state index in [1.54, 1.807) is 0 Å². The van der Waals surface area contributed by atoms with Crippen LogP contribution in [0.2, 0.25) is 0 Å². The molecule has 11 heavy (non-hydrogen) atoms. The van der Waals surface area contributed by atoms with E-state index in [0.29, 0.717) is 8.96 Å². The molecule has 0 fully saturated rings. The van der Waals surface area contributed by atoms with Crippen molar-refractivity contribution in [2.75, 3.05) is 0 Å². The Labute approximate surface area is 106 Å². The van der Waals surface area contributed by atoms with Crippen molar-refractivity contribution >= 4 is 85.9 Å². The first-order valence-electron chi connectivity index (χ1n) is 2.17. The van der Waals surface area contributed by atoms with E-state index in [-0.39, 0.29) is 3.74 Å². The highest BCUT2D eigenvalue weighted by Gasteiger charge is 2.20. The Kier molecular flexibility index (Phi) is 7.02. The fourth-order valence-electron chi connectivity index (χ4n) is 0.290. The van der Waals surface area contributed by atoms with Crippen LogP contribution in [-0.2, 0) is 8.62 Å². The molecule has 64 valence electrons. The minimum absolute atomic E-state index is 0.256. The quantitative estimate of drug-likeness (QED) is 0.442. The Balaban J connectivity index is 4.64. The van der Waals surface area contributed by atoms with E-state index in [1.165, 1.54) is 0 Å². The molecule has 0 aliphatic rings. The highest BCUT2D eigenvalue weighted by molar-refractivity contribution is 9.28. The molecule has 2 nitrogen and oxygen atoms in total. The minimum atomic E-state index is -0.479. The van der Waals surface area contributed by atoms with Gasteiger partial charge in [0, 0.05) is 0 Å². The van der Waals surface area contributed by atoms with E-state index < -0.39 is 5.97 Å². The highest BCUT2D eigenvalue weighted by atomic mass is 79.9. The summed E-state index contributed by atoms with van der Waals surface area (Å²) in [5.41, 5.74) is 0.405. The molecule has 0 radical (unpaired) electrons. The Morgan fingerprint density at radius 1 is 1.27 bits per heavy atom. The second-order valence-electron chi connectivity index (χ2n) is 1.34. The molecule has 0 bridgehead atoms. The number of halogens is 5. The molecule has 0 saturated carbocycles. The van der Waals surface area contributed by atoms with Crippen molar-refractivity contribution in [3.8, 4) is 0 Å². The zero-order chi connectivity index (χ0) is 9.02. The lowest BCUT2D eigenvalue weighted by Gasteiger charge is -2.04. The van der Waals surface area contributed by atoms with E-state index >= 15 is 0 Å². The van der Waals surface area contributed by atoms with Crippen molar-refractivity contribution < 1.29 is 8.62 Å². The fraction of sp³-hybridized carbons (Fsp3) is 0.250. The smallest absolute Gasteiger partial charge is 0.349 e. The van der Waals surface area contributed by atoms with Crippen LogP contribution >= 0.6 is 80.0 Å². The molecule has 0 heterocycles. The van der Waals surface area contributed by atoms with Gasteiger partial charge in [0.25, 0.3) is 0 Å². The van der Waals surface area contributed by atoms with E-state index in [2.05, 4.69) is 83.8 Å². The van der Waals surface area contributed by atoms with Crippen molar-refractivity contribution in [1.82, 2.24) is 0 Å². The van der Waals surface area contributed by atoms with Gasteiger partial charge in [0.2, 0.25) is 0 Å². The molecule has 0 atom stereocenters. The summed E-state index contributed by atoms with van der Waals surface area (Å²) >= 11 is 15.1. The number of carbonyl (C=O) groups excluding carboxylic acids is 1. The van der Waals surface area contributed by atoms with Gasteiger partial charge in [-0.05, 0) is 31.9 Å². The molecule has 0 rings (SSSR count). The third kappa shape index (κ3) is 4.40. The summed E-state index contributed by atoms with van der Waals surface area (Å²) in [4.78, 5) is 10.9. The molecule has 0 saturated heterocycles. The maximum absolute atomic E-state index is 10.9. The van der Waals surface area contributed by atoms with Crippen LogP contribution in [0, 0.1) is 0 Å². The Bertz CT molecular complexity index is 183. The van der Waals surface area contributed by atoms with Crippen molar-refractivity contribution in [2.45, 2.75) is 3.74 Å². The molecule has 0 aromatic carbocycles. The van der Waals surface area contributed by atoms with E-state index in [1.807, 2.05) is 0 Å². The van der Waals surface area contributed by atoms with Crippen LogP contribution in [-0.4, -0.2) is 9.71 Å². The average molecular weight is 481 g/mol. The molecule has 0 unspecified atom stereocenters. The summed E-state index contributed by atoms with van der Waals surface area (Å²) < 4.78 is 4.61. The number of rotatable bonds is 2. The normalized spacial score (nSPS) is 9.64. The number of hydrogen-bond donors (Lipinski definition) is 0. The fourth-order valence-corrected chi connectivity index (χ4v) is 3.31. The molecule has 0 aliphatic carbocycles. The Hall–Kier alpha value is 1.61. The van der Waals surface area contributed by atoms with Gasteiger partial charge in [0.1, 0.15) is 3.74 Å². The lowest BCUT2D eigenvalue weighted by atomic mass is 10.4. The summed E-state index contributed by atoms with van der Waals surface area (Å²) in [5, 5.41) is 0. The molecule has 0 aliphatic heterocycles. The van der Waals surface area contributed by atoms with Crippen LogP contribution in [0.15, 0.2) is 8.96 Å². The maximum Gasteiger partial charge on any atom is 0.349 e. The molecular formula is C4HBr5O2. The zero-order valence-electron chi connectivity index (χ0n) is 4.78. The standard InChI is InChI=1S/C4HBr5O2/c5-2(6)1(3(7)8)4(10)11-9/h2H. The third-order valence-electron chi connectivity index (χ3n) is 0.712. The van der Waals surface area contributed by atoms with Crippen LogP contribution in [0.1, 0.15) is 0 Å². The molecule has 0 spiro atoms. The first kappa shape index (κ1) is 12.6. The van der Waals surface area contributed by atoms with Crippen molar-refractivity contribution in [1.29, 1.82) is 0 Å². The van der Waals surface area contributed by atoms with Crippen molar-refractivity contribution in [3.63, 3.8) is 0 Å². The van der Waals surface area contributed by atoms with Gasteiger partial charge in [-0.2, -0.15) is 0 Å². The summed E-state index contributed by atoms with van der Waals surface area (Å²) in [6.45, 7) is 0. The molecule has 0 aromatic heterocycles. The SMILES string of the molecule is O=C(OBr)C(=C(Br)Br)C(Br)Br. The molecule has 7 heteroatoms. The predicted octanol–water partition coefficient (Wildman–Crippen LogP) is 3.96. The van der Waals surface area contributed by atoms with Crippen molar-refractivity contribution in [3.05, 3.63) is 8.96 Å². The van der Waals surface area contributed by atoms with Gasteiger partial charge in [0.15, 0.2) is 16.3 Å². The molecular weight excluding hydrogens is 480 g/mol. The predicted molar refractivity (Wildman–Crippen MR) is 61.5 cm³/mol. The van der Waals surface area contributed by atoms with E-state index in [0.717, 1.165) is 0 Å². The Morgan fingerprint density at radius 3 is 1.82 bits per heavy atom. The van der Waals surface area contributed by atoms with Gasteiger partial charge in [-0.15, -0.1) is 0 Å². The minimum Gasteiger partial charge on any atom is -0.380 e. The first-order chi connectivity index (χ1) is 5.00. The van der Waals surface area contributed by atoms with Gasteiger partial charge in [-0.1, -0.05) is 31.9 Å². The van der Waals surface area contributed by atoms with Crippen LogP contribution < -0.4 is 0 Å². The summed E-state index contributed by atoms with van der Waals surface area (Å²) in [5.74, 6) is -0.479.